The molecule has 0 bridgehead atoms. The van der Waals surface area contributed by atoms with Crippen LogP contribution in [0.3, 0.4) is 0 Å². The van der Waals surface area contributed by atoms with Gasteiger partial charge in [0.25, 0.3) is 0 Å². The molecule has 0 aliphatic heterocycles. The molecule has 0 spiro atoms. The van der Waals surface area contributed by atoms with Crippen LogP contribution in [0.1, 0.15) is 75.0 Å². The number of hydrogen-bond donors (Lipinski definition) is 0. The van der Waals surface area contributed by atoms with Crippen LogP contribution in [0.15, 0.2) is 48.5 Å². The fraction of sp³-hybridized carbons (Fsp3) is 0.400. The van der Waals surface area contributed by atoms with Crippen molar-refractivity contribution in [2.24, 2.45) is 5.92 Å². The molecular weight excluding hydrogens is 452 g/mol. The van der Waals surface area contributed by atoms with Crippen molar-refractivity contribution in [1.82, 2.24) is 0 Å². The van der Waals surface area contributed by atoms with Crippen molar-refractivity contribution >= 4 is 0 Å². The van der Waals surface area contributed by atoms with Crippen LogP contribution in [0.2, 0.25) is 0 Å². The van der Waals surface area contributed by atoms with Crippen molar-refractivity contribution in [2.45, 2.75) is 71.3 Å². The number of halogens is 4. The largest absolute Gasteiger partial charge is 0.486 e. The van der Waals surface area contributed by atoms with E-state index < -0.39 is 23.3 Å². The Bertz CT molecular complexity index is 1150. The second-order valence-electron chi connectivity index (χ2n) is 9.53. The van der Waals surface area contributed by atoms with Crippen molar-refractivity contribution in [3.63, 3.8) is 0 Å². The Kier molecular flexibility index (Phi) is 8.15. The third-order valence-electron chi connectivity index (χ3n) is 7.26. The molecule has 3 aromatic carbocycles. The average Bonchev–Trinajstić information content (AvgIpc) is 2.88. The molecule has 1 nitrogen and oxygen atoms in total. The first-order valence-electron chi connectivity index (χ1n) is 12.6. The Balaban J connectivity index is 1.44. The second kappa shape index (κ2) is 11.3. The van der Waals surface area contributed by atoms with Gasteiger partial charge in [0.2, 0.25) is 5.82 Å². The zero-order valence-electron chi connectivity index (χ0n) is 20.4. The zero-order valence-corrected chi connectivity index (χ0v) is 20.4. The molecule has 0 N–H and O–H groups in total. The minimum Gasteiger partial charge on any atom is -0.486 e. The molecule has 0 atom stereocenters. The van der Waals surface area contributed by atoms with E-state index in [2.05, 4.69) is 6.92 Å². The van der Waals surface area contributed by atoms with Crippen LogP contribution in [-0.2, 0) is 13.0 Å². The van der Waals surface area contributed by atoms with Gasteiger partial charge in [-0.2, -0.15) is 4.39 Å². The molecule has 1 fully saturated rings. The number of benzene rings is 3. The molecule has 1 aliphatic carbocycles. The maximum Gasteiger partial charge on any atom is 0.200 e. The fourth-order valence-corrected chi connectivity index (χ4v) is 5.17. The van der Waals surface area contributed by atoms with Gasteiger partial charge < -0.3 is 4.74 Å². The molecular formula is C30H32F4O. The van der Waals surface area contributed by atoms with Gasteiger partial charge in [-0.25, -0.2) is 13.2 Å². The average molecular weight is 485 g/mol. The molecule has 0 heterocycles. The van der Waals surface area contributed by atoms with Crippen molar-refractivity contribution in [1.29, 1.82) is 0 Å². The molecule has 35 heavy (non-hydrogen) atoms. The second-order valence-corrected chi connectivity index (χ2v) is 9.53. The SMILES string of the molecule is CCCC1CCC(c2ccc(-c3ccc(COc4ccc(CC)c(F)c4F)cc3)c(F)c2F)CC1. The third-order valence-corrected chi connectivity index (χ3v) is 7.26. The van der Waals surface area contributed by atoms with Gasteiger partial charge in [-0.05, 0) is 72.3 Å². The van der Waals surface area contributed by atoms with Crippen LogP contribution in [0.25, 0.3) is 11.1 Å². The summed E-state index contributed by atoms with van der Waals surface area (Å²) in [6, 6.07) is 13.1. The lowest BCUT2D eigenvalue weighted by Crippen LogP contribution is -2.15. The van der Waals surface area contributed by atoms with Crippen LogP contribution >= 0.6 is 0 Å². The van der Waals surface area contributed by atoms with Gasteiger partial charge in [0.05, 0.1) is 0 Å². The predicted octanol–water partition coefficient (Wildman–Crippen LogP) is 9.13. The van der Waals surface area contributed by atoms with E-state index in [-0.39, 0.29) is 23.8 Å². The van der Waals surface area contributed by atoms with E-state index in [0.29, 0.717) is 34.6 Å². The maximum atomic E-state index is 15.0. The van der Waals surface area contributed by atoms with E-state index in [4.69, 9.17) is 4.74 Å². The first-order chi connectivity index (χ1) is 16.9. The Hall–Kier alpha value is -2.82. The maximum absolute atomic E-state index is 15.0. The molecule has 0 amide bonds. The fourth-order valence-electron chi connectivity index (χ4n) is 5.17. The molecule has 3 aromatic rings. The minimum atomic E-state index is -1.00. The van der Waals surface area contributed by atoms with Crippen molar-refractivity contribution in [3.8, 4) is 16.9 Å². The monoisotopic (exact) mass is 484 g/mol. The van der Waals surface area contributed by atoms with E-state index in [1.165, 1.54) is 25.0 Å². The minimum absolute atomic E-state index is 0.0264. The smallest absolute Gasteiger partial charge is 0.200 e. The van der Waals surface area contributed by atoms with Gasteiger partial charge in [-0.1, -0.05) is 69.2 Å². The zero-order chi connectivity index (χ0) is 24.9. The Morgan fingerprint density at radius 2 is 1.46 bits per heavy atom. The molecule has 4 rings (SSSR count). The van der Waals surface area contributed by atoms with Crippen molar-refractivity contribution < 1.29 is 22.3 Å². The highest BCUT2D eigenvalue weighted by Crippen LogP contribution is 2.40. The lowest BCUT2D eigenvalue weighted by Gasteiger charge is -2.29. The van der Waals surface area contributed by atoms with Crippen LogP contribution in [-0.4, -0.2) is 0 Å². The van der Waals surface area contributed by atoms with Crippen molar-refractivity contribution in [2.75, 3.05) is 0 Å². The van der Waals surface area contributed by atoms with Crippen LogP contribution in [0.4, 0.5) is 17.6 Å². The van der Waals surface area contributed by atoms with Crippen LogP contribution in [0.5, 0.6) is 5.75 Å². The molecule has 1 saturated carbocycles. The summed E-state index contributed by atoms with van der Waals surface area (Å²) in [6.07, 6.45) is 6.72. The first-order valence-corrected chi connectivity index (χ1v) is 12.6. The lowest BCUT2D eigenvalue weighted by atomic mass is 9.77. The van der Waals surface area contributed by atoms with Gasteiger partial charge in [-0.3, -0.25) is 0 Å². The summed E-state index contributed by atoms with van der Waals surface area (Å²) in [5, 5.41) is 0. The van der Waals surface area contributed by atoms with E-state index in [9.17, 15) is 8.78 Å². The number of aryl methyl sites for hydroxylation is 1. The van der Waals surface area contributed by atoms with Gasteiger partial charge in [0.15, 0.2) is 23.2 Å². The van der Waals surface area contributed by atoms with Crippen LogP contribution in [0, 0.1) is 29.2 Å². The van der Waals surface area contributed by atoms with E-state index in [0.717, 1.165) is 25.7 Å². The van der Waals surface area contributed by atoms with Crippen molar-refractivity contribution in [3.05, 3.63) is 88.5 Å². The quantitative estimate of drug-likeness (QED) is 0.290. The Morgan fingerprint density at radius 1 is 0.743 bits per heavy atom. The van der Waals surface area contributed by atoms with E-state index in [1.807, 2.05) is 0 Å². The first kappa shape index (κ1) is 25.3. The highest BCUT2D eigenvalue weighted by Gasteiger charge is 2.26. The van der Waals surface area contributed by atoms with Gasteiger partial charge in [0, 0.05) is 5.56 Å². The Morgan fingerprint density at radius 3 is 2.11 bits per heavy atom. The summed E-state index contributed by atoms with van der Waals surface area (Å²) in [4.78, 5) is 0. The number of rotatable bonds is 8. The van der Waals surface area contributed by atoms with Gasteiger partial charge in [0.1, 0.15) is 6.61 Å². The lowest BCUT2D eigenvalue weighted by molar-refractivity contribution is 0.284. The van der Waals surface area contributed by atoms with E-state index >= 15 is 8.78 Å². The molecule has 186 valence electrons. The third kappa shape index (κ3) is 5.55. The molecule has 5 heteroatoms. The highest BCUT2D eigenvalue weighted by molar-refractivity contribution is 5.65. The molecule has 0 aromatic heterocycles. The summed E-state index contributed by atoms with van der Waals surface area (Å²) >= 11 is 0. The summed E-state index contributed by atoms with van der Waals surface area (Å²) in [6.45, 7) is 3.96. The summed E-state index contributed by atoms with van der Waals surface area (Å²) in [7, 11) is 0. The normalized spacial score (nSPS) is 18.0. The topological polar surface area (TPSA) is 9.23 Å². The van der Waals surface area contributed by atoms with Crippen LogP contribution < -0.4 is 4.74 Å². The number of hydrogen-bond acceptors (Lipinski definition) is 1. The standard InChI is InChI=1S/C30H32F4O/c1-3-5-19-6-10-22(11-7-19)24-15-16-25(29(33)28(24)32)23-12-8-20(9-13-23)18-35-26-17-14-21(4-2)27(31)30(26)34/h8-9,12-17,19,22H,3-7,10-11,18H2,1-2H3. The Labute approximate surface area is 205 Å². The molecule has 0 saturated heterocycles. The summed E-state index contributed by atoms with van der Waals surface area (Å²) in [5.74, 6) is -2.85. The summed E-state index contributed by atoms with van der Waals surface area (Å²) in [5.41, 5.74) is 2.24. The molecule has 0 radical (unpaired) electrons. The highest BCUT2D eigenvalue weighted by atomic mass is 19.2. The predicted molar refractivity (Wildman–Crippen MR) is 131 cm³/mol. The van der Waals surface area contributed by atoms with E-state index in [1.54, 1.807) is 43.3 Å². The van der Waals surface area contributed by atoms with Gasteiger partial charge in [-0.15, -0.1) is 0 Å². The van der Waals surface area contributed by atoms with Gasteiger partial charge >= 0.3 is 0 Å². The number of ether oxygens (including phenoxy) is 1. The summed E-state index contributed by atoms with van der Waals surface area (Å²) < 4.78 is 63.7. The molecule has 0 unspecified atom stereocenters. The molecule has 1 aliphatic rings.